The van der Waals surface area contributed by atoms with Gasteiger partial charge in [0.25, 0.3) is 10.0 Å². The minimum absolute atomic E-state index is 0.0777. The lowest BCUT2D eigenvalue weighted by molar-refractivity contribution is 0.174. The quantitative estimate of drug-likeness (QED) is 0.759. The van der Waals surface area contributed by atoms with Crippen molar-refractivity contribution in [3.8, 4) is 0 Å². The highest BCUT2D eigenvalue weighted by molar-refractivity contribution is 9.10. The number of nitrogens with one attached hydrogen (secondary N) is 1. The fourth-order valence-corrected chi connectivity index (χ4v) is 4.53. The van der Waals surface area contributed by atoms with E-state index in [2.05, 4.69) is 26.2 Å². The first kappa shape index (κ1) is 19.5. The molecule has 7 nitrogen and oxygen atoms in total. The van der Waals surface area contributed by atoms with Crippen molar-refractivity contribution in [2.45, 2.75) is 38.1 Å². The topological polar surface area (TPSA) is 101 Å². The zero-order valence-electron chi connectivity index (χ0n) is 14.1. The van der Waals surface area contributed by atoms with Crippen LogP contribution in [-0.4, -0.2) is 34.6 Å². The Morgan fingerprint density at radius 3 is 2.64 bits per heavy atom. The molecule has 2 aromatic rings. The van der Waals surface area contributed by atoms with Crippen LogP contribution in [0.3, 0.4) is 0 Å². The molecule has 1 unspecified atom stereocenters. The van der Waals surface area contributed by atoms with Crippen LogP contribution < -0.4 is 5.32 Å². The van der Waals surface area contributed by atoms with Crippen LogP contribution in [0.5, 0.6) is 0 Å². The fourth-order valence-electron chi connectivity index (χ4n) is 2.33. The Balaban J connectivity index is 2.35. The number of halogens is 1. The van der Waals surface area contributed by atoms with Gasteiger partial charge < -0.3 is 10.4 Å². The van der Waals surface area contributed by atoms with Gasteiger partial charge in [-0.05, 0) is 51.5 Å². The second-order valence-corrected chi connectivity index (χ2v) is 9.36. The van der Waals surface area contributed by atoms with E-state index in [0.717, 1.165) is 3.97 Å². The lowest BCUT2D eigenvalue weighted by atomic mass is 9.83. The van der Waals surface area contributed by atoms with E-state index in [4.69, 9.17) is 5.11 Å². The van der Waals surface area contributed by atoms with Gasteiger partial charge in [0.15, 0.2) is 0 Å². The van der Waals surface area contributed by atoms with Crippen LogP contribution in [0.15, 0.2) is 46.3 Å². The minimum Gasteiger partial charge on any atom is -0.465 e. The SMILES string of the molecule is CC(C)(C)C(Cc1cc(Br)n(S(=O)(=O)c2cccnc2)c1)NC(=O)O. The van der Waals surface area contributed by atoms with Gasteiger partial charge >= 0.3 is 6.09 Å². The predicted molar refractivity (Wildman–Crippen MR) is 97.1 cm³/mol. The normalized spacial score (nSPS) is 13.4. The maximum absolute atomic E-state index is 12.7. The van der Waals surface area contributed by atoms with Crippen molar-refractivity contribution in [2.75, 3.05) is 0 Å². The second-order valence-electron chi connectivity index (χ2n) is 6.73. The largest absolute Gasteiger partial charge is 0.465 e. The number of nitrogens with zero attached hydrogens (tertiary/aromatic N) is 2. The molecule has 0 radical (unpaired) electrons. The molecule has 0 aliphatic carbocycles. The molecule has 0 aromatic carbocycles. The molecule has 0 aliphatic rings. The molecule has 25 heavy (non-hydrogen) atoms. The summed E-state index contributed by atoms with van der Waals surface area (Å²) in [6.45, 7) is 5.77. The van der Waals surface area contributed by atoms with Crippen LogP contribution in [-0.2, 0) is 16.4 Å². The number of hydrogen-bond donors (Lipinski definition) is 2. The molecule has 2 heterocycles. The molecule has 0 saturated carbocycles. The van der Waals surface area contributed by atoms with Gasteiger partial charge in [-0.1, -0.05) is 20.8 Å². The molecule has 0 spiro atoms. The molecule has 0 bridgehead atoms. The molecule has 0 aliphatic heterocycles. The Labute approximate surface area is 155 Å². The number of hydrogen-bond acceptors (Lipinski definition) is 4. The molecule has 9 heteroatoms. The number of amides is 1. The molecule has 0 saturated heterocycles. The van der Waals surface area contributed by atoms with Crippen molar-refractivity contribution >= 4 is 32.0 Å². The molecule has 2 rings (SSSR count). The van der Waals surface area contributed by atoms with E-state index in [1.165, 1.54) is 24.7 Å². The average Bonchev–Trinajstić information content (AvgIpc) is 2.87. The smallest absolute Gasteiger partial charge is 0.404 e. The lowest BCUT2D eigenvalue weighted by Crippen LogP contribution is -2.44. The Hall–Kier alpha value is -1.87. The highest BCUT2D eigenvalue weighted by Gasteiger charge is 2.28. The average molecular weight is 430 g/mol. The first-order chi connectivity index (χ1) is 11.5. The summed E-state index contributed by atoms with van der Waals surface area (Å²) in [6, 6.07) is 4.33. The number of carboxylic acid groups (broad SMARTS) is 1. The first-order valence-corrected chi connectivity index (χ1v) is 9.77. The second kappa shape index (κ2) is 7.17. The Morgan fingerprint density at radius 2 is 2.12 bits per heavy atom. The van der Waals surface area contributed by atoms with Crippen LogP contribution in [0, 0.1) is 5.41 Å². The van der Waals surface area contributed by atoms with E-state index < -0.39 is 16.1 Å². The van der Waals surface area contributed by atoms with Gasteiger partial charge in [-0.2, -0.15) is 0 Å². The third-order valence-corrected chi connectivity index (χ3v) is 6.28. The molecule has 0 fully saturated rings. The van der Waals surface area contributed by atoms with Gasteiger partial charge in [-0.25, -0.2) is 17.2 Å². The van der Waals surface area contributed by atoms with Crippen LogP contribution in [0.4, 0.5) is 4.79 Å². The number of carbonyl (C=O) groups is 1. The summed E-state index contributed by atoms with van der Waals surface area (Å²) in [5.74, 6) is 0. The maximum Gasteiger partial charge on any atom is 0.404 e. The fraction of sp³-hybridized carbons (Fsp3) is 0.375. The summed E-state index contributed by atoms with van der Waals surface area (Å²) in [5.41, 5.74) is 0.378. The lowest BCUT2D eigenvalue weighted by Gasteiger charge is -2.30. The molecule has 1 atom stereocenters. The molecule has 2 N–H and O–H groups in total. The van der Waals surface area contributed by atoms with Crippen molar-refractivity contribution in [1.82, 2.24) is 14.3 Å². The van der Waals surface area contributed by atoms with Gasteiger partial charge in [0.2, 0.25) is 0 Å². The molecule has 136 valence electrons. The van der Waals surface area contributed by atoms with Gasteiger partial charge in [0.1, 0.15) is 9.50 Å². The van der Waals surface area contributed by atoms with Gasteiger partial charge in [0, 0.05) is 24.6 Å². The van der Waals surface area contributed by atoms with Crippen molar-refractivity contribution in [3.05, 3.63) is 47.0 Å². The zero-order chi connectivity index (χ0) is 18.8. The Bertz CT molecular complexity index is 857. The molecule has 2 aromatic heterocycles. The van der Waals surface area contributed by atoms with Crippen LogP contribution >= 0.6 is 15.9 Å². The number of pyridine rings is 1. The number of rotatable bonds is 5. The van der Waals surface area contributed by atoms with Crippen LogP contribution in [0.2, 0.25) is 0 Å². The monoisotopic (exact) mass is 429 g/mol. The number of aromatic nitrogens is 2. The molecular weight excluding hydrogens is 410 g/mol. The molecular formula is C16H20BrN3O4S. The van der Waals surface area contributed by atoms with E-state index in [1.54, 1.807) is 12.1 Å². The van der Waals surface area contributed by atoms with Crippen LogP contribution in [0.1, 0.15) is 26.3 Å². The third-order valence-electron chi connectivity index (χ3n) is 3.77. The van der Waals surface area contributed by atoms with E-state index in [1.807, 2.05) is 20.8 Å². The third kappa shape index (κ3) is 4.60. The van der Waals surface area contributed by atoms with Crippen molar-refractivity contribution in [2.24, 2.45) is 5.41 Å². The highest BCUT2D eigenvalue weighted by atomic mass is 79.9. The predicted octanol–water partition coefficient (Wildman–Crippen LogP) is 3.11. The summed E-state index contributed by atoms with van der Waals surface area (Å²) in [5, 5.41) is 11.5. The summed E-state index contributed by atoms with van der Waals surface area (Å²) in [6.07, 6.45) is 3.53. The van der Waals surface area contributed by atoms with Crippen molar-refractivity contribution in [1.29, 1.82) is 0 Å². The summed E-state index contributed by atoms with van der Waals surface area (Å²) >= 11 is 3.27. The maximum atomic E-state index is 12.7. The Morgan fingerprint density at radius 1 is 1.44 bits per heavy atom. The minimum atomic E-state index is -3.77. The van der Waals surface area contributed by atoms with Crippen molar-refractivity contribution in [3.63, 3.8) is 0 Å². The summed E-state index contributed by atoms with van der Waals surface area (Å²) in [7, 11) is -3.77. The standard InChI is InChI=1S/C16H20BrN3O4S/c1-16(2,3)13(19-15(21)22)7-11-8-14(17)20(10-11)25(23,24)12-5-4-6-18-9-12/h4-6,8-10,13,19H,7H2,1-3H3,(H,21,22). The van der Waals surface area contributed by atoms with Crippen LogP contribution in [0.25, 0.3) is 0 Å². The summed E-state index contributed by atoms with van der Waals surface area (Å²) in [4.78, 5) is 15.0. The van der Waals surface area contributed by atoms with E-state index >= 15 is 0 Å². The van der Waals surface area contributed by atoms with E-state index in [9.17, 15) is 13.2 Å². The zero-order valence-corrected chi connectivity index (χ0v) is 16.5. The Kier molecular flexibility index (Phi) is 5.58. The summed E-state index contributed by atoms with van der Waals surface area (Å²) < 4.78 is 26.9. The van der Waals surface area contributed by atoms with Gasteiger partial charge in [-0.3, -0.25) is 4.98 Å². The van der Waals surface area contributed by atoms with Gasteiger partial charge in [-0.15, -0.1) is 0 Å². The van der Waals surface area contributed by atoms with E-state index in [-0.39, 0.29) is 16.4 Å². The van der Waals surface area contributed by atoms with Gasteiger partial charge in [0.05, 0.1) is 0 Å². The highest BCUT2D eigenvalue weighted by Crippen LogP contribution is 2.27. The molecule has 1 amide bonds. The van der Waals surface area contributed by atoms with Crippen molar-refractivity contribution < 1.29 is 18.3 Å². The first-order valence-electron chi connectivity index (χ1n) is 7.53. The van der Waals surface area contributed by atoms with E-state index in [0.29, 0.717) is 16.6 Å².